The molecule has 0 spiro atoms. The number of ether oxygens (including phenoxy) is 1. The van der Waals surface area contributed by atoms with E-state index in [1.54, 1.807) is 11.0 Å². The SMILES string of the molecule is Cc1cc(C(=O)N2CCN(C[C@H](O)COc3ccccc3)CC2)n[nH]1. The van der Waals surface area contributed by atoms with Gasteiger partial charge in [-0.3, -0.25) is 14.8 Å². The molecule has 2 aromatic rings. The third-order valence-electron chi connectivity index (χ3n) is 4.24. The molecule has 2 heterocycles. The van der Waals surface area contributed by atoms with Crippen molar-refractivity contribution in [1.29, 1.82) is 0 Å². The summed E-state index contributed by atoms with van der Waals surface area (Å²) in [5.74, 6) is 0.711. The molecular weight excluding hydrogens is 320 g/mol. The molecular formula is C18H24N4O3. The number of aliphatic hydroxyl groups is 1. The zero-order valence-electron chi connectivity index (χ0n) is 14.4. The van der Waals surface area contributed by atoms with Crippen molar-refractivity contribution in [2.75, 3.05) is 39.3 Å². The Kier molecular flexibility index (Phi) is 5.67. The first kappa shape index (κ1) is 17.4. The summed E-state index contributed by atoms with van der Waals surface area (Å²) in [6, 6.07) is 11.2. The fourth-order valence-electron chi connectivity index (χ4n) is 2.88. The summed E-state index contributed by atoms with van der Waals surface area (Å²) in [5, 5.41) is 17.0. The summed E-state index contributed by atoms with van der Waals surface area (Å²) in [6.45, 7) is 5.41. The van der Waals surface area contributed by atoms with Gasteiger partial charge in [0, 0.05) is 38.4 Å². The second-order valence-corrected chi connectivity index (χ2v) is 6.31. The molecule has 2 N–H and O–H groups in total. The molecule has 1 aliphatic rings. The van der Waals surface area contributed by atoms with Gasteiger partial charge in [0.1, 0.15) is 24.2 Å². The van der Waals surface area contributed by atoms with Gasteiger partial charge in [-0.15, -0.1) is 0 Å². The van der Waals surface area contributed by atoms with Gasteiger partial charge in [-0.2, -0.15) is 5.10 Å². The smallest absolute Gasteiger partial charge is 0.274 e. The molecule has 7 heteroatoms. The standard InChI is InChI=1S/C18H24N4O3/c1-14-11-17(20-19-14)18(24)22-9-7-21(8-10-22)12-15(23)13-25-16-5-3-2-4-6-16/h2-6,11,15,23H,7-10,12-13H2,1H3,(H,19,20)/t15-/m0/s1. The number of benzene rings is 1. The number of aromatic amines is 1. The number of carbonyl (C=O) groups is 1. The molecule has 1 saturated heterocycles. The van der Waals surface area contributed by atoms with E-state index in [4.69, 9.17) is 4.74 Å². The number of aromatic nitrogens is 2. The third-order valence-corrected chi connectivity index (χ3v) is 4.24. The Labute approximate surface area is 147 Å². The average Bonchev–Trinajstić information content (AvgIpc) is 3.07. The van der Waals surface area contributed by atoms with Gasteiger partial charge in [-0.1, -0.05) is 18.2 Å². The number of aliphatic hydroxyl groups excluding tert-OH is 1. The number of H-pyrrole nitrogens is 1. The van der Waals surface area contributed by atoms with E-state index in [-0.39, 0.29) is 12.5 Å². The Morgan fingerprint density at radius 1 is 1.28 bits per heavy atom. The van der Waals surface area contributed by atoms with Crippen LogP contribution in [-0.4, -0.2) is 76.4 Å². The second kappa shape index (κ2) is 8.13. The molecule has 0 saturated carbocycles. The van der Waals surface area contributed by atoms with Crippen LogP contribution in [0.2, 0.25) is 0 Å². The van der Waals surface area contributed by atoms with Gasteiger partial charge in [-0.25, -0.2) is 0 Å². The third kappa shape index (κ3) is 4.80. The van der Waals surface area contributed by atoms with Crippen LogP contribution in [0, 0.1) is 6.92 Å². The highest BCUT2D eigenvalue weighted by atomic mass is 16.5. The van der Waals surface area contributed by atoms with Gasteiger partial charge < -0.3 is 14.7 Å². The van der Waals surface area contributed by atoms with Crippen molar-refractivity contribution in [1.82, 2.24) is 20.0 Å². The summed E-state index contributed by atoms with van der Waals surface area (Å²) in [4.78, 5) is 16.3. The number of rotatable bonds is 6. The van der Waals surface area contributed by atoms with E-state index in [0.717, 1.165) is 24.5 Å². The van der Waals surface area contributed by atoms with Crippen LogP contribution in [0.25, 0.3) is 0 Å². The van der Waals surface area contributed by atoms with Crippen LogP contribution in [-0.2, 0) is 0 Å². The number of piperazine rings is 1. The van der Waals surface area contributed by atoms with Crippen molar-refractivity contribution in [2.45, 2.75) is 13.0 Å². The first-order valence-corrected chi connectivity index (χ1v) is 8.51. The topological polar surface area (TPSA) is 81.7 Å². The van der Waals surface area contributed by atoms with Gasteiger partial charge in [0.05, 0.1) is 0 Å². The molecule has 1 aliphatic heterocycles. The van der Waals surface area contributed by atoms with Crippen LogP contribution in [0.4, 0.5) is 0 Å². The summed E-state index contributed by atoms with van der Waals surface area (Å²) in [6.07, 6.45) is -0.559. The second-order valence-electron chi connectivity index (χ2n) is 6.31. The number of hydrogen-bond donors (Lipinski definition) is 2. The number of amides is 1. The Hall–Kier alpha value is -2.38. The van der Waals surface area contributed by atoms with E-state index in [2.05, 4.69) is 15.1 Å². The molecule has 1 atom stereocenters. The average molecular weight is 344 g/mol. The predicted octanol–water partition coefficient (Wildman–Crippen LogP) is 0.916. The van der Waals surface area contributed by atoms with E-state index in [1.165, 1.54) is 0 Å². The van der Waals surface area contributed by atoms with Gasteiger partial charge in [-0.05, 0) is 25.1 Å². The Morgan fingerprint density at radius 2 is 2.00 bits per heavy atom. The van der Waals surface area contributed by atoms with Gasteiger partial charge in [0.15, 0.2) is 0 Å². The van der Waals surface area contributed by atoms with Crippen LogP contribution in [0.15, 0.2) is 36.4 Å². The van der Waals surface area contributed by atoms with Crippen molar-refractivity contribution >= 4 is 5.91 Å². The van der Waals surface area contributed by atoms with Crippen LogP contribution in [0.5, 0.6) is 5.75 Å². The van der Waals surface area contributed by atoms with Crippen LogP contribution in [0.1, 0.15) is 16.2 Å². The highest BCUT2D eigenvalue weighted by molar-refractivity contribution is 5.92. The Morgan fingerprint density at radius 3 is 2.64 bits per heavy atom. The van der Waals surface area contributed by atoms with Crippen LogP contribution in [0.3, 0.4) is 0 Å². The molecule has 7 nitrogen and oxygen atoms in total. The highest BCUT2D eigenvalue weighted by Crippen LogP contribution is 2.11. The molecule has 134 valence electrons. The lowest BCUT2D eigenvalue weighted by Gasteiger charge is -2.35. The monoisotopic (exact) mass is 344 g/mol. The maximum absolute atomic E-state index is 12.4. The van der Waals surface area contributed by atoms with Gasteiger partial charge >= 0.3 is 0 Å². The van der Waals surface area contributed by atoms with Crippen molar-refractivity contribution in [3.63, 3.8) is 0 Å². The maximum atomic E-state index is 12.4. The Bertz CT molecular complexity index is 681. The number of aryl methyl sites for hydroxylation is 1. The quantitative estimate of drug-likeness (QED) is 0.814. The van der Waals surface area contributed by atoms with Crippen LogP contribution < -0.4 is 4.74 Å². The van der Waals surface area contributed by atoms with E-state index in [9.17, 15) is 9.90 Å². The molecule has 1 aromatic heterocycles. The molecule has 0 aliphatic carbocycles. The number of β-amino-alcohol motifs (C(OH)–C–C–N with tert-alkyl or cyclic N) is 1. The fraction of sp³-hybridized carbons (Fsp3) is 0.444. The summed E-state index contributed by atoms with van der Waals surface area (Å²) >= 11 is 0. The van der Waals surface area contributed by atoms with Crippen molar-refractivity contribution in [2.24, 2.45) is 0 Å². The maximum Gasteiger partial charge on any atom is 0.274 e. The van der Waals surface area contributed by atoms with E-state index < -0.39 is 6.10 Å². The summed E-state index contributed by atoms with van der Waals surface area (Å²) in [5.41, 5.74) is 1.34. The number of hydrogen-bond acceptors (Lipinski definition) is 5. The lowest BCUT2D eigenvalue weighted by atomic mass is 10.2. The van der Waals surface area contributed by atoms with Crippen molar-refractivity contribution < 1.29 is 14.6 Å². The molecule has 0 radical (unpaired) electrons. The zero-order valence-corrected chi connectivity index (χ0v) is 14.4. The minimum atomic E-state index is -0.559. The van der Waals surface area contributed by atoms with Crippen molar-refractivity contribution in [3.05, 3.63) is 47.8 Å². The molecule has 0 bridgehead atoms. The number of para-hydroxylation sites is 1. The van der Waals surface area contributed by atoms with E-state index in [1.807, 2.05) is 37.3 Å². The largest absolute Gasteiger partial charge is 0.491 e. The molecule has 1 amide bonds. The fourth-order valence-corrected chi connectivity index (χ4v) is 2.88. The predicted molar refractivity (Wildman–Crippen MR) is 93.6 cm³/mol. The molecule has 1 fully saturated rings. The minimum Gasteiger partial charge on any atom is -0.491 e. The van der Waals surface area contributed by atoms with Gasteiger partial charge in [0.2, 0.25) is 0 Å². The Balaban J connectivity index is 1.40. The van der Waals surface area contributed by atoms with Gasteiger partial charge in [0.25, 0.3) is 5.91 Å². The number of carbonyl (C=O) groups excluding carboxylic acids is 1. The number of nitrogens with one attached hydrogen (secondary N) is 1. The summed E-state index contributed by atoms with van der Waals surface area (Å²) < 4.78 is 5.58. The molecule has 25 heavy (non-hydrogen) atoms. The van der Waals surface area contributed by atoms with Crippen molar-refractivity contribution in [3.8, 4) is 5.75 Å². The highest BCUT2D eigenvalue weighted by Gasteiger charge is 2.24. The summed E-state index contributed by atoms with van der Waals surface area (Å²) in [7, 11) is 0. The lowest BCUT2D eigenvalue weighted by molar-refractivity contribution is 0.0401. The minimum absolute atomic E-state index is 0.0445. The van der Waals surface area contributed by atoms with E-state index in [0.29, 0.717) is 25.3 Å². The lowest BCUT2D eigenvalue weighted by Crippen LogP contribution is -2.51. The molecule has 3 rings (SSSR count). The first-order valence-electron chi connectivity index (χ1n) is 8.51. The van der Waals surface area contributed by atoms with Crippen LogP contribution >= 0.6 is 0 Å². The van der Waals surface area contributed by atoms with E-state index >= 15 is 0 Å². The number of nitrogens with zero attached hydrogens (tertiary/aromatic N) is 3. The zero-order chi connectivity index (χ0) is 17.6. The first-order chi connectivity index (χ1) is 12.1. The molecule has 1 aromatic carbocycles. The molecule has 0 unspecified atom stereocenters. The normalized spacial score (nSPS) is 16.6.